The third kappa shape index (κ3) is 7.11. The Labute approximate surface area is 230 Å². The van der Waals surface area contributed by atoms with Crippen LogP contribution in [0.5, 0.6) is 5.88 Å². The molecular weight excluding hydrogens is 558 g/mol. The SMILES string of the molecule is Cc1nsc(Nc2cnc(C(F)(F)F)cn2)c1C(=O)Nc1ccc(OC2CN(C(=O)OC(C)(C)C)CC2F)nc1. The molecule has 2 N–H and O–H groups in total. The monoisotopic (exact) mass is 583 g/mol. The Hall–Kier alpha value is -4.08. The van der Waals surface area contributed by atoms with Gasteiger partial charge in [0.1, 0.15) is 16.4 Å². The summed E-state index contributed by atoms with van der Waals surface area (Å²) in [6.07, 6.45) is -4.85. The zero-order valence-electron chi connectivity index (χ0n) is 21.7. The van der Waals surface area contributed by atoms with Crippen LogP contribution in [0.1, 0.15) is 42.5 Å². The molecule has 0 radical (unpaired) electrons. The van der Waals surface area contributed by atoms with Crippen molar-refractivity contribution in [2.45, 2.75) is 51.7 Å². The molecule has 1 aliphatic heterocycles. The Morgan fingerprint density at radius 3 is 2.42 bits per heavy atom. The van der Waals surface area contributed by atoms with E-state index in [1.54, 1.807) is 27.7 Å². The molecule has 3 aromatic heterocycles. The highest BCUT2D eigenvalue weighted by molar-refractivity contribution is 7.10. The lowest BCUT2D eigenvalue weighted by Crippen LogP contribution is -2.36. The molecule has 2 unspecified atom stereocenters. The van der Waals surface area contributed by atoms with Crippen LogP contribution < -0.4 is 15.4 Å². The van der Waals surface area contributed by atoms with Gasteiger partial charge in [-0.15, -0.1) is 0 Å². The first kappa shape index (κ1) is 28.9. The molecule has 11 nitrogen and oxygen atoms in total. The van der Waals surface area contributed by atoms with Crippen LogP contribution in [0.25, 0.3) is 0 Å². The van der Waals surface area contributed by atoms with Crippen molar-refractivity contribution in [3.05, 3.63) is 47.7 Å². The Bertz CT molecular complexity index is 1360. The number of ether oxygens (including phenoxy) is 2. The molecule has 4 rings (SSSR count). The van der Waals surface area contributed by atoms with Crippen molar-refractivity contribution in [3.63, 3.8) is 0 Å². The molecule has 40 heavy (non-hydrogen) atoms. The molecule has 0 aliphatic carbocycles. The van der Waals surface area contributed by atoms with E-state index < -0.39 is 41.7 Å². The van der Waals surface area contributed by atoms with Crippen molar-refractivity contribution in [2.75, 3.05) is 23.7 Å². The number of likely N-dealkylation sites (tertiary alicyclic amines) is 1. The average molecular weight is 584 g/mol. The number of halogens is 4. The molecular formula is C24H25F4N7O4S. The fourth-order valence-corrected chi connectivity index (χ4v) is 4.37. The smallest absolute Gasteiger partial charge is 0.434 e. The Morgan fingerprint density at radius 1 is 1.07 bits per heavy atom. The normalized spacial score (nSPS) is 17.4. The summed E-state index contributed by atoms with van der Waals surface area (Å²) in [7, 11) is 0. The first-order valence-electron chi connectivity index (χ1n) is 11.9. The van der Waals surface area contributed by atoms with Gasteiger partial charge in [0, 0.05) is 6.07 Å². The first-order valence-corrected chi connectivity index (χ1v) is 12.7. The van der Waals surface area contributed by atoms with Crippen LogP contribution in [-0.4, -0.2) is 67.2 Å². The highest BCUT2D eigenvalue weighted by Crippen LogP contribution is 2.30. The molecule has 2 amide bonds. The second-order valence-corrected chi connectivity index (χ2v) is 10.6. The number of rotatable bonds is 6. The number of hydrogen-bond acceptors (Lipinski definition) is 10. The van der Waals surface area contributed by atoms with Crippen LogP contribution in [0.3, 0.4) is 0 Å². The highest BCUT2D eigenvalue weighted by atomic mass is 32.1. The minimum absolute atomic E-state index is 0.00261. The average Bonchev–Trinajstić information content (AvgIpc) is 3.41. The van der Waals surface area contributed by atoms with E-state index in [9.17, 15) is 27.2 Å². The van der Waals surface area contributed by atoms with E-state index in [2.05, 4.69) is 30.0 Å². The first-order chi connectivity index (χ1) is 18.7. The molecule has 16 heteroatoms. The quantitative estimate of drug-likeness (QED) is 0.386. The van der Waals surface area contributed by atoms with E-state index in [-0.39, 0.29) is 35.4 Å². The minimum Gasteiger partial charge on any atom is -0.469 e. The molecule has 0 saturated carbocycles. The number of anilines is 3. The van der Waals surface area contributed by atoms with Gasteiger partial charge in [0.2, 0.25) is 5.88 Å². The third-order valence-corrected chi connectivity index (χ3v) is 6.24. The molecule has 0 bridgehead atoms. The van der Waals surface area contributed by atoms with Gasteiger partial charge in [0.05, 0.1) is 48.6 Å². The molecule has 0 aromatic carbocycles. The van der Waals surface area contributed by atoms with Gasteiger partial charge in [-0.05, 0) is 45.3 Å². The van der Waals surface area contributed by atoms with E-state index in [0.717, 1.165) is 17.7 Å². The highest BCUT2D eigenvalue weighted by Gasteiger charge is 2.39. The number of aryl methyl sites for hydroxylation is 1. The third-order valence-electron chi connectivity index (χ3n) is 5.39. The van der Waals surface area contributed by atoms with Gasteiger partial charge < -0.3 is 25.0 Å². The number of pyridine rings is 1. The summed E-state index contributed by atoms with van der Waals surface area (Å²) in [5, 5.41) is 5.67. The van der Waals surface area contributed by atoms with E-state index in [4.69, 9.17) is 9.47 Å². The maximum atomic E-state index is 14.5. The number of nitrogens with zero attached hydrogens (tertiary/aromatic N) is 5. The lowest BCUT2D eigenvalue weighted by Gasteiger charge is -2.24. The molecule has 214 valence electrons. The fourth-order valence-electron chi connectivity index (χ4n) is 3.57. The van der Waals surface area contributed by atoms with Crippen LogP contribution in [0, 0.1) is 6.92 Å². The second kappa shape index (κ2) is 11.2. The van der Waals surface area contributed by atoms with E-state index in [1.807, 2.05) is 0 Å². The van der Waals surface area contributed by atoms with Crippen molar-refractivity contribution < 1.29 is 36.6 Å². The number of carbonyl (C=O) groups excluding carboxylic acids is 2. The van der Waals surface area contributed by atoms with Gasteiger partial charge in [-0.2, -0.15) is 17.5 Å². The Balaban J connectivity index is 1.37. The molecule has 1 fully saturated rings. The molecule has 1 aliphatic rings. The van der Waals surface area contributed by atoms with Gasteiger partial charge in [-0.1, -0.05) is 0 Å². The minimum atomic E-state index is -4.63. The molecule has 2 atom stereocenters. The molecule has 3 aromatic rings. The van der Waals surface area contributed by atoms with Crippen molar-refractivity contribution in [2.24, 2.45) is 0 Å². The predicted octanol–water partition coefficient (Wildman–Crippen LogP) is 4.99. The Morgan fingerprint density at radius 2 is 1.82 bits per heavy atom. The van der Waals surface area contributed by atoms with Gasteiger partial charge in [0.25, 0.3) is 5.91 Å². The zero-order valence-corrected chi connectivity index (χ0v) is 22.6. The zero-order chi connectivity index (χ0) is 29.2. The van der Waals surface area contributed by atoms with Gasteiger partial charge >= 0.3 is 12.3 Å². The van der Waals surface area contributed by atoms with Crippen LogP contribution in [0.4, 0.5) is 38.9 Å². The van der Waals surface area contributed by atoms with Crippen molar-refractivity contribution in [3.8, 4) is 5.88 Å². The molecule has 1 saturated heterocycles. The molecule has 4 heterocycles. The van der Waals surface area contributed by atoms with E-state index >= 15 is 0 Å². The van der Waals surface area contributed by atoms with E-state index in [1.165, 1.54) is 23.2 Å². The van der Waals surface area contributed by atoms with Gasteiger partial charge in [-0.25, -0.2) is 24.1 Å². The summed E-state index contributed by atoms with van der Waals surface area (Å²) in [6, 6.07) is 2.94. The van der Waals surface area contributed by atoms with Crippen molar-refractivity contribution in [1.82, 2.24) is 24.2 Å². The van der Waals surface area contributed by atoms with Gasteiger partial charge in [-0.3, -0.25) is 4.79 Å². The summed E-state index contributed by atoms with van der Waals surface area (Å²) in [4.78, 5) is 37.6. The van der Waals surface area contributed by atoms with Crippen molar-refractivity contribution in [1.29, 1.82) is 0 Å². The lowest BCUT2D eigenvalue weighted by molar-refractivity contribution is -0.141. The number of nitrogens with one attached hydrogen (secondary N) is 2. The number of hydrogen-bond donors (Lipinski definition) is 2. The summed E-state index contributed by atoms with van der Waals surface area (Å²) >= 11 is 0.925. The largest absolute Gasteiger partial charge is 0.469 e. The van der Waals surface area contributed by atoms with E-state index in [0.29, 0.717) is 17.6 Å². The summed E-state index contributed by atoms with van der Waals surface area (Å²) < 4.78 is 67.7. The van der Waals surface area contributed by atoms with Crippen LogP contribution in [0.2, 0.25) is 0 Å². The number of amides is 2. The topological polar surface area (TPSA) is 131 Å². The Kier molecular flexibility index (Phi) is 8.09. The second-order valence-electron chi connectivity index (χ2n) is 9.78. The van der Waals surface area contributed by atoms with Crippen LogP contribution in [0.15, 0.2) is 30.7 Å². The summed E-state index contributed by atoms with van der Waals surface area (Å²) in [5.41, 5.74) is -1.04. The van der Waals surface area contributed by atoms with Crippen LogP contribution in [-0.2, 0) is 10.9 Å². The van der Waals surface area contributed by atoms with Crippen LogP contribution >= 0.6 is 11.5 Å². The number of carbonyl (C=O) groups is 2. The van der Waals surface area contributed by atoms with Crippen molar-refractivity contribution >= 4 is 40.0 Å². The molecule has 0 spiro atoms. The predicted molar refractivity (Wildman–Crippen MR) is 136 cm³/mol. The maximum absolute atomic E-state index is 14.5. The number of aromatic nitrogens is 4. The lowest BCUT2D eigenvalue weighted by atomic mass is 10.2. The fraction of sp³-hybridized carbons (Fsp3) is 0.417. The summed E-state index contributed by atoms with van der Waals surface area (Å²) in [5.74, 6) is -0.470. The standard InChI is InChI=1S/C24H25F4N7O4S/c1-12-19(21(40-34-12)33-17-9-29-16(8-30-17)24(26,27)28)20(36)32-13-5-6-18(31-7-13)38-15-11-35(10-14(15)25)22(37)39-23(2,3)4/h5-9,14-15H,10-11H2,1-4H3,(H,30,33)(H,32,36). The van der Waals surface area contributed by atoms with Gasteiger partial charge in [0.15, 0.2) is 18.0 Å². The summed E-state index contributed by atoms with van der Waals surface area (Å²) in [6.45, 7) is 6.56. The number of alkyl halides is 4. The maximum Gasteiger partial charge on any atom is 0.434 e.